The molecule has 7 nitrogen and oxygen atoms in total. The van der Waals surface area contributed by atoms with Gasteiger partial charge in [-0.2, -0.15) is 0 Å². The molecule has 0 aliphatic carbocycles. The van der Waals surface area contributed by atoms with Crippen molar-refractivity contribution in [3.05, 3.63) is 66.0 Å². The summed E-state index contributed by atoms with van der Waals surface area (Å²) < 4.78 is 0. The summed E-state index contributed by atoms with van der Waals surface area (Å²) in [5.41, 5.74) is 8.50. The van der Waals surface area contributed by atoms with Crippen molar-refractivity contribution in [2.24, 2.45) is 5.73 Å². The number of aromatic nitrogens is 1. The van der Waals surface area contributed by atoms with Crippen molar-refractivity contribution < 1.29 is 14.6 Å². The summed E-state index contributed by atoms with van der Waals surface area (Å²) in [7, 11) is 0.442. The fourth-order valence-electron chi connectivity index (χ4n) is 3.75. The molecular weight excluding hydrogens is 367 g/mol. The number of urea groups is 1. The number of pyridine rings is 1. The third-order valence-corrected chi connectivity index (χ3v) is 5.41. The van der Waals surface area contributed by atoms with Crippen LogP contribution in [-0.2, 0) is 11.2 Å². The minimum absolute atomic E-state index is 0.0445. The van der Waals surface area contributed by atoms with E-state index in [2.05, 4.69) is 10.3 Å². The van der Waals surface area contributed by atoms with E-state index in [0.29, 0.717) is 16.7 Å². The van der Waals surface area contributed by atoms with Crippen LogP contribution in [0.3, 0.4) is 0 Å². The Kier molecular flexibility index (Phi) is 5.04. The molecule has 0 fully saturated rings. The number of nitrogens with one attached hydrogen (secondary N) is 1. The molecule has 0 bridgehead atoms. The number of carbonyl (C=O) groups is 2. The fraction of sp³-hybridized carbons (Fsp3) is 0.190. The standard InChI is InChI=1S/C21H21BN4O3/c1-26-21(28)25-20-16(3-2-4-18(20)22(26)29)17(11-23)19(27)10-13-5-6-15-12-24-8-7-14(15)9-13/h2-9,12,17,29H,10-11,23H2,1H3,(H,25,28). The lowest BCUT2D eigenvalue weighted by atomic mass is 9.68. The summed E-state index contributed by atoms with van der Waals surface area (Å²) in [6.07, 6.45) is 3.73. The lowest BCUT2D eigenvalue weighted by Gasteiger charge is -2.31. The third kappa shape index (κ3) is 3.48. The Bertz CT molecular complexity index is 1100. The zero-order valence-corrected chi connectivity index (χ0v) is 16.0. The van der Waals surface area contributed by atoms with Crippen molar-refractivity contribution in [1.82, 2.24) is 9.79 Å². The number of Topliss-reactive ketones (excluding diaryl/α,β-unsaturated/α-hetero) is 1. The quantitative estimate of drug-likeness (QED) is 0.571. The second kappa shape index (κ2) is 7.65. The van der Waals surface area contributed by atoms with Gasteiger partial charge in [-0.3, -0.25) is 9.78 Å². The molecule has 146 valence electrons. The van der Waals surface area contributed by atoms with Gasteiger partial charge in [-0.25, -0.2) is 4.79 Å². The molecule has 1 aliphatic heterocycles. The van der Waals surface area contributed by atoms with Gasteiger partial charge < -0.3 is 20.9 Å². The van der Waals surface area contributed by atoms with E-state index >= 15 is 0 Å². The number of rotatable bonds is 5. The molecule has 0 saturated heterocycles. The molecule has 0 radical (unpaired) electrons. The van der Waals surface area contributed by atoms with E-state index in [-0.39, 0.29) is 18.7 Å². The minimum Gasteiger partial charge on any atom is -0.428 e. The number of amides is 2. The topological polar surface area (TPSA) is 109 Å². The molecule has 3 aromatic rings. The third-order valence-electron chi connectivity index (χ3n) is 5.41. The number of anilines is 1. The molecule has 29 heavy (non-hydrogen) atoms. The molecule has 0 spiro atoms. The number of benzene rings is 2. The highest BCUT2D eigenvalue weighted by molar-refractivity contribution is 6.69. The van der Waals surface area contributed by atoms with Crippen LogP contribution in [0.4, 0.5) is 10.5 Å². The first kappa shape index (κ1) is 19.1. The van der Waals surface area contributed by atoms with E-state index in [0.717, 1.165) is 16.3 Å². The number of ketones is 1. The van der Waals surface area contributed by atoms with Crippen LogP contribution < -0.4 is 16.5 Å². The number of nitrogens with two attached hydrogens (primary N) is 1. The van der Waals surface area contributed by atoms with E-state index in [1.807, 2.05) is 24.3 Å². The molecule has 2 heterocycles. The van der Waals surface area contributed by atoms with Gasteiger partial charge in [-0.1, -0.05) is 36.4 Å². The Balaban J connectivity index is 1.65. The predicted molar refractivity (Wildman–Crippen MR) is 113 cm³/mol. The van der Waals surface area contributed by atoms with Crippen molar-refractivity contribution in [3.63, 3.8) is 0 Å². The van der Waals surface area contributed by atoms with Gasteiger partial charge in [0.2, 0.25) is 0 Å². The Morgan fingerprint density at radius 2 is 2.10 bits per heavy atom. The molecular formula is C21H21BN4O3. The zero-order chi connectivity index (χ0) is 20.5. The maximum atomic E-state index is 13.1. The van der Waals surface area contributed by atoms with Crippen LogP contribution in [0.5, 0.6) is 0 Å². The molecule has 4 rings (SSSR count). The van der Waals surface area contributed by atoms with Gasteiger partial charge in [0.15, 0.2) is 0 Å². The number of hydrogen-bond acceptors (Lipinski definition) is 5. The lowest BCUT2D eigenvalue weighted by Crippen LogP contribution is -2.56. The number of carbonyl (C=O) groups excluding carboxylic acids is 2. The van der Waals surface area contributed by atoms with Gasteiger partial charge in [0, 0.05) is 43.5 Å². The second-order valence-corrected chi connectivity index (χ2v) is 7.21. The first-order valence-electron chi connectivity index (χ1n) is 9.39. The van der Waals surface area contributed by atoms with Crippen LogP contribution in [0.25, 0.3) is 10.8 Å². The second-order valence-electron chi connectivity index (χ2n) is 7.21. The first-order chi connectivity index (χ1) is 14.0. The van der Waals surface area contributed by atoms with E-state index < -0.39 is 19.0 Å². The summed E-state index contributed by atoms with van der Waals surface area (Å²) in [5, 5.41) is 15.2. The lowest BCUT2D eigenvalue weighted by molar-refractivity contribution is -0.119. The van der Waals surface area contributed by atoms with Crippen LogP contribution in [0.15, 0.2) is 54.9 Å². The highest BCUT2D eigenvalue weighted by Crippen LogP contribution is 2.28. The van der Waals surface area contributed by atoms with Crippen molar-refractivity contribution in [1.29, 1.82) is 0 Å². The van der Waals surface area contributed by atoms with Crippen LogP contribution in [0.2, 0.25) is 0 Å². The molecule has 1 aliphatic rings. The van der Waals surface area contributed by atoms with Gasteiger partial charge in [-0.15, -0.1) is 0 Å². The van der Waals surface area contributed by atoms with Crippen molar-refractivity contribution in [2.75, 3.05) is 18.9 Å². The Morgan fingerprint density at radius 3 is 2.90 bits per heavy atom. The van der Waals surface area contributed by atoms with Crippen molar-refractivity contribution in [3.8, 4) is 0 Å². The van der Waals surface area contributed by atoms with Gasteiger partial charge >= 0.3 is 13.1 Å². The molecule has 8 heteroatoms. The van der Waals surface area contributed by atoms with Crippen molar-refractivity contribution >= 4 is 40.8 Å². The van der Waals surface area contributed by atoms with Crippen LogP contribution in [0.1, 0.15) is 17.0 Å². The van der Waals surface area contributed by atoms with E-state index in [9.17, 15) is 14.6 Å². The molecule has 1 unspecified atom stereocenters. The van der Waals surface area contributed by atoms with Crippen LogP contribution in [-0.4, -0.2) is 47.3 Å². The molecule has 4 N–H and O–H groups in total. The van der Waals surface area contributed by atoms with Gasteiger partial charge in [0.25, 0.3) is 0 Å². The maximum absolute atomic E-state index is 13.1. The molecule has 2 aromatic carbocycles. The highest BCUT2D eigenvalue weighted by Gasteiger charge is 2.36. The average molecular weight is 388 g/mol. The van der Waals surface area contributed by atoms with E-state index in [1.54, 1.807) is 30.6 Å². The number of nitrogens with zero attached hydrogens (tertiary/aromatic N) is 2. The molecule has 0 saturated carbocycles. The normalized spacial score (nSPS) is 14.5. The summed E-state index contributed by atoms with van der Waals surface area (Å²) in [6.45, 7) is 0.106. The largest absolute Gasteiger partial charge is 0.454 e. The monoisotopic (exact) mass is 388 g/mol. The first-order valence-corrected chi connectivity index (χ1v) is 9.39. The molecule has 2 amide bonds. The Labute approximate surface area is 168 Å². The van der Waals surface area contributed by atoms with Crippen LogP contribution >= 0.6 is 0 Å². The smallest absolute Gasteiger partial charge is 0.428 e. The zero-order valence-electron chi connectivity index (χ0n) is 16.0. The highest BCUT2D eigenvalue weighted by atomic mass is 16.2. The van der Waals surface area contributed by atoms with E-state index in [1.165, 1.54) is 11.9 Å². The van der Waals surface area contributed by atoms with Gasteiger partial charge in [0.05, 0.1) is 5.92 Å². The molecule has 1 atom stereocenters. The van der Waals surface area contributed by atoms with Crippen LogP contribution in [0, 0.1) is 0 Å². The SMILES string of the molecule is CN1B(O)c2cccc(C(CN)C(=O)Cc3ccc4cnccc4c3)c2NC1=O. The summed E-state index contributed by atoms with van der Waals surface area (Å²) in [6, 6.07) is 12.6. The average Bonchev–Trinajstić information content (AvgIpc) is 2.73. The number of para-hydroxylation sites is 1. The van der Waals surface area contributed by atoms with E-state index in [4.69, 9.17) is 5.73 Å². The predicted octanol–water partition coefficient (Wildman–Crippen LogP) is 1.25. The summed E-state index contributed by atoms with van der Waals surface area (Å²) in [5.74, 6) is -0.633. The van der Waals surface area contributed by atoms with Gasteiger partial charge in [0.1, 0.15) is 5.78 Å². The Hall–Kier alpha value is -3.23. The fourth-order valence-corrected chi connectivity index (χ4v) is 3.75. The summed E-state index contributed by atoms with van der Waals surface area (Å²) in [4.78, 5) is 30.6. The molecule has 1 aromatic heterocycles. The number of hydrogen-bond donors (Lipinski definition) is 3. The minimum atomic E-state index is -1.07. The maximum Gasteiger partial charge on any atom is 0.454 e. The number of fused-ring (bicyclic) bond motifs is 2. The van der Waals surface area contributed by atoms with Crippen molar-refractivity contribution in [2.45, 2.75) is 12.3 Å². The Morgan fingerprint density at radius 1 is 1.28 bits per heavy atom. The summed E-state index contributed by atoms with van der Waals surface area (Å²) >= 11 is 0. The van der Waals surface area contributed by atoms with Gasteiger partial charge in [-0.05, 0) is 28.0 Å².